The quantitative estimate of drug-likeness (QED) is 0.780. The third kappa shape index (κ3) is 1.78. The zero-order chi connectivity index (χ0) is 11.8. The van der Waals surface area contributed by atoms with Gasteiger partial charge in [-0.25, -0.2) is 0 Å². The average Bonchev–Trinajstić information content (AvgIpc) is 2.79. The van der Waals surface area contributed by atoms with Gasteiger partial charge in [0.05, 0.1) is 6.61 Å². The molecule has 0 saturated carbocycles. The molecule has 0 amide bonds. The molecule has 1 atom stereocenters. The van der Waals surface area contributed by atoms with Crippen molar-refractivity contribution in [1.29, 1.82) is 0 Å². The van der Waals surface area contributed by atoms with E-state index < -0.39 is 0 Å². The van der Waals surface area contributed by atoms with Gasteiger partial charge in [0.25, 0.3) is 0 Å². The SMILES string of the molecule is Cc1cc2c(c(C3CCCNC3)c1O)CCO2. The van der Waals surface area contributed by atoms with Crippen LogP contribution in [0.2, 0.25) is 0 Å². The number of aromatic hydroxyl groups is 1. The van der Waals surface area contributed by atoms with E-state index in [1.807, 2.05) is 13.0 Å². The fraction of sp³-hybridized carbons (Fsp3) is 0.571. The smallest absolute Gasteiger partial charge is 0.123 e. The summed E-state index contributed by atoms with van der Waals surface area (Å²) in [5.74, 6) is 1.92. The molecule has 1 saturated heterocycles. The predicted molar refractivity (Wildman–Crippen MR) is 66.9 cm³/mol. The molecule has 17 heavy (non-hydrogen) atoms. The number of fused-ring (bicyclic) bond motifs is 1. The molecule has 2 aliphatic heterocycles. The molecule has 3 nitrogen and oxygen atoms in total. The molecule has 1 fully saturated rings. The molecule has 0 radical (unpaired) electrons. The highest BCUT2D eigenvalue weighted by atomic mass is 16.5. The van der Waals surface area contributed by atoms with Crippen LogP contribution in [0.3, 0.4) is 0 Å². The summed E-state index contributed by atoms with van der Waals surface area (Å²) in [5, 5.41) is 13.7. The average molecular weight is 233 g/mol. The van der Waals surface area contributed by atoms with Crippen molar-refractivity contribution in [2.45, 2.75) is 32.1 Å². The molecule has 0 aromatic heterocycles. The van der Waals surface area contributed by atoms with Gasteiger partial charge in [0, 0.05) is 30.0 Å². The van der Waals surface area contributed by atoms with E-state index in [4.69, 9.17) is 4.74 Å². The maximum Gasteiger partial charge on any atom is 0.123 e. The van der Waals surface area contributed by atoms with Crippen LogP contribution in [0.25, 0.3) is 0 Å². The number of piperidine rings is 1. The number of aryl methyl sites for hydroxylation is 1. The minimum Gasteiger partial charge on any atom is -0.507 e. The topological polar surface area (TPSA) is 41.5 Å². The summed E-state index contributed by atoms with van der Waals surface area (Å²) in [6.45, 7) is 4.79. The van der Waals surface area contributed by atoms with E-state index in [2.05, 4.69) is 5.32 Å². The highest BCUT2D eigenvalue weighted by Crippen LogP contribution is 2.42. The van der Waals surface area contributed by atoms with Crippen LogP contribution in [-0.2, 0) is 6.42 Å². The summed E-state index contributed by atoms with van der Waals surface area (Å²) in [6, 6.07) is 1.97. The van der Waals surface area contributed by atoms with Crippen molar-refractivity contribution in [1.82, 2.24) is 5.32 Å². The van der Waals surface area contributed by atoms with E-state index in [-0.39, 0.29) is 0 Å². The Morgan fingerprint density at radius 1 is 1.47 bits per heavy atom. The molecule has 0 spiro atoms. The Bertz CT molecular complexity index is 436. The molecule has 1 aromatic carbocycles. The first kappa shape index (κ1) is 10.9. The van der Waals surface area contributed by atoms with Crippen molar-refractivity contribution >= 4 is 0 Å². The van der Waals surface area contributed by atoms with Crippen molar-refractivity contribution in [3.05, 3.63) is 22.8 Å². The van der Waals surface area contributed by atoms with Crippen LogP contribution in [0.5, 0.6) is 11.5 Å². The normalized spacial score (nSPS) is 23.2. The first-order chi connectivity index (χ1) is 8.27. The third-order valence-electron chi connectivity index (χ3n) is 3.91. The van der Waals surface area contributed by atoms with E-state index in [9.17, 15) is 5.11 Å². The number of phenolic OH excluding ortho intramolecular Hbond substituents is 1. The number of nitrogens with one attached hydrogen (secondary N) is 1. The molecule has 2 heterocycles. The molecule has 3 rings (SSSR count). The fourth-order valence-electron chi connectivity index (χ4n) is 3.03. The predicted octanol–water partition coefficient (Wildman–Crippen LogP) is 2.10. The van der Waals surface area contributed by atoms with Crippen molar-refractivity contribution in [2.75, 3.05) is 19.7 Å². The highest BCUT2D eigenvalue weighted by Gasteiger charge is 2.27. The Morgan fingerprint density at radius 3 is 3.12 bits per heavy atom. The van der Waals surface area contributed by atoms with Crippen LogP contribution >= 0.6 is 0 Å². The Balaban J connectivity index is 2.07. The molecule has 0 bridgehead atoms. The minimum absolute atomic E-state index is 0.444. The summed E-state index contributed by atoms with van der Waals surface area (Å²) in [7, 11) is 0. The van der Waals surface area contributed by atoms with Crippen molar-refractivity contribution in [2.24, 2.45) is 0 Å². The van der Waals surface area contributed by atoms with Crippen molar-refractivity contribution < 1.29 is 9.84 Å². The second-order valence-corrected chi connectivity index (χ2v) is 5.07. The maximum absolute atomic E-state index is 10.3. The molecule has 1 unspecified atom stereocenters. The Hall–Kier alpha value is -1.22. The Labute approximate surface area is 102 Å². The van der Waals surface area contributed by atoms with Gasteiger partial charge in [0.1, 0.15) is 11.5 Å². The van der Waals surface area contributed by atoms with Crippen molar-refractivity contribution in [3.8, 4) is 11.5 Å². The van der Waals surface area contributed by atoms with Crippen LogP contribution < -0.4 is 10.1 Å². The van der Waals surface area contributed by atoms with Crippen LogP contribution in [0.4, 0.5) is 0 Å². The van der Waals surface area contributed by atoms with Crippen LogP contribution in [-0.4, -0.2) is 24.8 Å². The molecular weight excluding hydrogens is 214 g/mol. The van der Waals surface area contributed by atoms with Gasteiger partial charge in [-0.05, 0) is 37.9 Å². The summed E-state index contributed by atoms with van der Waals surface area (Å²) >= 11 is 0. The molecule has 2 aliphatic rings. The lowest BCUT2D eigenvalue weighted by Crippen LogP contribution is -2.29. The van der Waals surface area contributed by atoms with Gasteiger partial charge in [-0.3, -0.25) is 0 Å². The molecule has 1 aromatic rings. The minimum atomic E-state index is 0.444. The van der Waals surface area contributed by atoms with Crippen LogP contribution in [0.1, 0.15) is 35.4 Å². The van der Waals surface area contributed by atoms with Gasteiger partial charge < -0.3 is 15.2 Å². The van der Waals surface area contributed by atoms with Gasteiger partial charge in [-0.1, -0.05) is 0 Å². The largest absolute Gasteiger partial charge is 0.507 e. The van der Waals surface area contributed by atoms with Crippen LogP contribution in [0.15, 0.2) is 6.07 Å². The van der Waals surface area contributed by atoms with Gasteiger partial charge in [-0.2, -0.15) is 0 Å². The van der Waals surface area contributed by atoms with Gasteiger partial charge in [0.2, 0.25) is 0 Å². The standard InChI is InChI=1S/C14H19NO2/c1-9-7-12-11(4-6-17-12)13(14(9)16)10-3-2-5-15-8-10/h7,10,15-16H,2-6,8H2,1H3. The summed E-state index contributed by atoms with van der Waals surface area (Å²) in [5.41, 5.74) is 3.32. The first-order valence-electron chi connectivity index (χ1n) is 6.46. The Morgan fingerprint density at radius 2 is 2.35 bits per heavy atom. The summed E-state index contributed by atoms with van der Waals surface area (Å²) < 4.78 is 5.63. The Kier molecular flexibility index (Phi) is 2.71. The fourth-order valence-corrected chi connectivity index (χ4v) is 3.03. The van der Waals surface area contributed by atoms with Gasteiger partial charge in [-0.15, -0.1) is 0 Å². The first-order valence-corrected chi connectivity index (χ1v) is 6.46. The lowest BCUT2D eigenvalue weighted by Gasteiger charge is -2.26. The second kappa shape index (κ2) is 4.22. The summed E-state index contributed by atoms with van der Waals surface area (Å²) in [4.78, 5) is 0. The van der Waals surface area contributed by atoms with E-state index >= 15 is 0 Å². The molecular formula is C14H19NO2. The number of hydrogen-bond acceptors (Lipinski definition) is 3. The van der Waals surface area contributed by atoms with E-state index in [0.29, 0.717) is 11.7 Å². The second-order valence-electron chi connectivity index (χ2n) is 5.07. The van der Waals surface area contributed by atoms with Crippen molar-refractivity contribution in [3.63, 3.8) is 0 Å². The molecule has 3 heteroatoms. The van der Waals surface area contributed by atoms with E-state index in [1.165, 1.54) is 12.0 Å². The zero-order valence-corrected chi connectivity index (χ0v) is 10.3. The maximum atomic E-state index is 10.3. The molecule has 0 aliphatic carbocycles. The number of hydrogen-bond donors (Lipinski definition) is 2. The number of rotatable bonds is 1. The van der Waals surface area contributed by atoms with Crippen LogP contribution in [0, 0.1) is 6.92 Å². The highest BCUT2D eigenvalue weighted by molar-refractivity contribution is 5.55. The monoisotopic (exact) mass is 233 g/mol. The molecule has 92 valence electrons. The van der Waals surface area contributed by atoms with Gasteiger partial charge in [0.15, 0.2) is 0 Å². The van der Waals surface area contributed by atoms with Gasteiger partial charge >= 0.3 is 0 Å². The number of benzene rings is 1. The lowest BCUT2D eigenvalue weighted by molar-refractivity contribution is 0.356. The van der Waals surface area contributed by atoms with E-state index in [1.54, 1.807) is 0 Å². The molecule has 2 N–H and O–H groups in total. The lowest BCUT2D eigenvalue weighted by atomic mass is 9.85. The zero-order valence-electron chi connectivity index (χ0n) is 10.3. The van der Waals surface area contributed by atoms with E-state index in [0.717, 1.165) is 49.4 Å². The summed E-state index contributed by atoms with van der Waals surface area (Å²) in [6.07, 6.45) is 3.29. The number of phenols is 1. The third-order valence-corrected chi connectivity index (χ3v) is 3.91. The number of ether oxygens (including phenoxy) is 1.